The normalized spacial score (nSPS) is 13.3. The van der Waals surface area contributed by atoms with E-state index in [9.17, 15) is 14.4 Å². The zero-order chi connectivity index (χ0) is 12.9. The maximum absolute atomic E-state index is 11.8. The fourth-order valence-electron chi connectivity index (χ4n) is 1.24. The second kappa shape index (κ2) is 5.25. The first kappa shape index (κ1) is 12.9. The Morgan fingerprint density at radius 1 is 1.29 bits per heavy atom. The van der Waals surface area contributed by atoms with Crippen molar-refractivity contribution in [3.05, 3.63) is 35.9 Å². The summed E-state index contributed by atoms with van der Waals surface area (Å²) in [6.07, 6.45) is 0.347. The lowest BCUT2D eigenvalue weighted by atomic mass is 10.0. The summed E-state index contributed by atoms with van der Waals surface area (Å²) in [4.78, 5) is 34.0. The van der Waals surface area contributed by atoms with Crippen LogP contribution in [0.15, 0.2) is 30.3 Å². The summed E-state index contributed by atoms with van der Waals surface area (Å²) in [5.74, 6) is -1.32. The molecule has 0 bridgehead atoms. The summed E-state index contributed by atoms with van der Waals surface area (Å²) in [5.41, 5.74) is -1.30. The van der Waals surface area contributed by atoms with Crippen LogP contribution in [-0.2, 0) is 14.3 Å². The minimum atomic E-state index is -1.67. The minimum Gasteiger partial charge on any atom is -0.467 e. The molecular weight excluding hydrogens is 222 g/mol. The van der Waals surface area contributed by atoms with Crippen molar-refractivity contribution in [2.24, 2.45) is 0 Å². The first-order valence-electron chi connectivity index (χ1n) is 4.96. The Balaban J connectivity index is 2.87. The van der Waals surface area contributed by atoms with Crippen molar-refractivity contribution in [3.8, 4) is 0 Å². The van der Waals surface area contributed by atoms with Gasteiger partial charge in [0.2, 0.25) is 0 Å². The molecule has 0 aliphatic rings. The molecule has 0 saturated carbocycles. The maximum Gasteiger partial charge on any atom is 0.338 e. The van der Waals surface area contributed by atoms with Gasteiger partial charge in [0, 0.05) is 5.56 Å². The Morgan fingerprint density at radius 3 is 2.35 bits per heavy atom. The second-order valence-electron chi connectivity index (χ2n) is 3.63. The van der Waals surface area contributed by atoms with Gasteiger partial charge < -0.3 is 14.8 Å². The van der Waals surface area contributed by atoms with Crippen molar-refractivity contribution in [3.63, 3.8) is 0 Å². The number of hydrogen-bond acceptors (Lipinski definition) is 4. The van der Waals surface area contributed by atoms with Gasteiger partial charge in [-0.05, 0) is 19.1 Å². The first-order valence-corrected chi connectivity index (χ1v) is 4.96. The molecule has 1 atom stereocenters. The summed E-state index contributed by atoms with van der Waals surface area (Å²) >= 11 is 0. The molecule has 1 aromatic carbocycles. The van der Waals surface area contributed by atoms with Gasteiger partial charge in [-0.15, -0.1) is 0 Å². The fourth-order valence-corrected chi connectivity index (χ4v) is 1.24. The standard InChI is InChI=1S/C12H13NO4/c1-12(8-14,11(16)17-2)13-10(15)9-6-4-3-5-7-9/h3-8H,1-2H3,(H,13,15)/t12-/m1/s1. The highest BCUT2D eigenvalue weighted by Gasteiger charge is 2.36. The first-order chi connectivity index (χ1) is 8.03. The van der Waals surface area contributed by atoms with E-state index in [1.807, 2.05) is 0 Å². The molecule has 1 rings (SSSR count). The van der Waals surface area contributed by atoms with Gasteiger partial charge in [0.15, 0.2) is 11.8 Å². The third-order valence-electron chi connectivity index (χ3n) is 2.25. The molecule has 0 spiro atoms. The van der Waals surface area contributed by atoms with E-state index in [2.05, 4.69) is 10.1 Å². The van der Waals surface area contributed by atoms with Crippen molar-refractivity contribution in [1.82, 2.24) is 5.32 Å². The molecule has 1 N–H and O–H groups in total. The molecule has 0 aliphatic heterocycles. The van der Waals surface area contributed by atoms with Crippen LogP contribution in [-0.4, -0.2) is 30.8 Å². The van der Waals surface area contributed by atoms with Crippen LogP contribution in [0.25, 0.3) is 0 Å². The second-order valence-corrected chi connectivity index (χ2v) is 3.63. The summed E-state index contributed by atoms with van der Waals surface area (Å²) in [7, 11) is 1.15. The molecule has 1 aromatic rings. The average Bonchev–Trinajstić information content (AvgIpc) is 2.38. The van der Waals surface area contributed by atoms with E-state index in [0.717, 1.165) is 7.11 Å². The lowest BCUT2D eigenvalue weighted by molar-refractivity contribution is -0.149. The largest absolute Gasteiger partial charge is 0.467 e. The molecule has 0 aromatic heterocycles. The molecule has 5 heteroatoms. The zero-order valence-corrected chi connectivity index (χ0v) is 9.60. The van der Waals surface area contributed by atoms with Crippen LogP contribution in [0.3, 0.4) is 0 Å². The molecule has 0 saturated heterocycles. The molecule has 0 fully saturated rings. The monoisotopic (exact) mass is 235 g/mol. The van der Waals surface area contributed by atoms with Gasteiger partial charge >= 0.3 is 5.97 Å². The minimum absolute atomic E-state index is 0.347. The Hall–Kier alpha value is -2.17. The van der Waals surface area contributed by atoms with Gasteiger partial charge in [0.25, 0.3) is 5.91 Å². The molecule has 5 nitrogen and oxygen atoms in total. The van der Waals surface area contributed by atoms with Crippen LogP contribution in [0, 0.1) is 0 Å². The number of rotatable bonds is 4. The summed E-state index contributed by atoms with van der Waals surface area (Å²) in [6.45, 7) is 1.28. The van der Waals surface area contributed by atoms with Gasteiger partial charge in [-0.3, -0.25) is 4.79 Å². The third kappa shape index (κ3) is 2.90. The number of methoxy groups -OCH3 is 1. The fraction of sp³-hybridized carbons (Fsp3) is 0.250. The predicted molar refractivity (Wildman–Crippen MR) is 60.4 cm³/mol. The van der Waals surface area contributed by atoms with Crippen LogP contribution in [0.4, 0.5) is 0 Å². The molecule has 0 unspecified atom stereocenters. The van der Waals surface area contributed by atoms with Crippen molar-refractivity contribution in [1.29, 1.82) is 0 Å². The molecule has 1 amide bonds. The molecule has 0 aliphatic carbocycles. The SMILES string of the molecule is COC(=O)[C@@](C)(C=O)NC(=O)c1ccccc1. The molecule has 17 heavy (non-hydrogen) atoms. The van der Waals surface area contributed by atoms with Crippen molar-refractivity contribution < 1.29 is 19.1 Å². The van der Waals surface area contributed by atoms with Crippen LogP contribution >= 0.6 is 0 Å². The van der Waals surface area contributed by atoms with Gasteiger partial charge in [-0.2, -0.15) is 0 Å². The van der Waals surface area contributed by atoms with Crippen LogP contribution in [0.5, 0.6) is 0 Å². The smallest absolute Gasteiger partial charge is 0.338 e. The van der Waals surface area contributed by atoms with Crippen molar-refractivity contribution in [2.45, 2.75) is 12.5 Å². The number of hydrogen-bond donors (Lipinski definition) is 1. The summed E-state index contributed by atoms with van der Waals surface area (Å²) in [5, 5.41) is 2.33. The van der Waals surface area contributed by atoms with E-state index in [1.54, 1.807) is 30.3 Å². The molecule has 90 valence electrons. The van der Waals surface area contributed by atoms with Gasteiger partial charge in [-0.25, -0.2) is 4.79 Å². The molecular formula is C12H13NO4. The van der Waals surface area contributed by atoms with E-state index in [4.69, 9.17) is 0 Å². The van der Waals surface area contributed by atoms with Gasteiger partial charge in [0.1, 0.15) is 0 Å². The van der Waals surface area contributed by atoms with Gasteiger partial charge in [0.05, 0.1) is 7.11 Å². The number of ether oxygens (including phenoxy) is 1. The van der Waals surface area contributed by atoms with E-state index < -0.39 is 17.4 Å². The Morgan fingerprint density at radius 2 is 1.88 bits per heavy atom. The lowest BCUT2D eigenvalue weighted by Gasteiger charge is -2.21. The highest BCUT2D eigenvalue weighted by Crippen LogP contribution is 2.06. The number of nitrogens with one attached hydrogen (secondary N) is 1. The number of esters is 1. The summed E-state index contributed by atoms with van der Waals surface area (Å²) in [6, 6.07) is 8.29. The number of benzene rings is 1. The zero-order valence-electron chi connectivity index (χ0n) is 9.60. The van der Waals surface area contributed by atoms with E-state index in [1.165, 1.54) is 6.92 Å². The Bertz CT molecular complexity index is 429. The molecule has 0 radical (unpaired) electrons. The van der Waals surface area contributed by atoms with E-state index in [0.29, 0.717) is 11.8 Å². The van der Waals surface area contributed by atoms with Crippen LogP contribution in [0.1, 0.15) is 17.3 Å². The Kier molecular flexibility index (Phi) is 3.98. The molecule has 0 heterocycles. The van der Waals surface area contributed by atoms with E-state index >= 15 is 0 Å². The van der Waals surface area contributed by atoms with Crippen LogP contribution in [0.2, 0.25) is 0 Å². The average molecular weight is 235 g/mol. The maximum atomic E-state index is 11.8. The quantitative estimate of drug-likeness (QED) is 0.470. The van der Waals surface area contributed by atoms with Crippen LogP contribution < -0.4 is 5.32 Å². The Labute approximate surface area is 98.8 Å². The number of amides is 1. The number of carbonyl (C=O) groups is 3. The third-order valence-corrected chi connectivity index (χ3v) is 2.25. The van der Waals surface area contributed by atoms with Gasteiger partial charge in [-0.1, -0.05) is 18.2 Å². The van der Waals surface area contributed by atoms with E-state index in [-0.39, 0.29) is 0 Å². The number of carbonyl (C=O) groups excluding carboxylic acids is 3. The topological polar surface area (TPSA) is 72.5 Å². The van der Waals surface area contributed by atoms with Crippen molar-refractivity contribution in [2.75, 3.05) is 7.11 Å². The highest BCUT2D eigenvalue weighted by molar-refractivity contribution is 6.05. The van der Waals surface area contributed by atoms with Crippen molar-refractivity contribution >= 4 is 18.2 Å². The number of aldehydes is 1. The highest BCUT2D eigenvalue weighted by atomic mass is 16.5. The lowest BCUT2D eigenvalue weighted by Crippen LogP contribution is -2.54. The summed E-state index contributed by atoms with van der Waals surface area (Å²) < 4.78 is 4.46. The predicted octanol–water partition coefficient (Wildman–Crippen LogP) is 0.547.